The molecule has 6 heteroatoms. The number of benzene rings is 1. The van der Waals surface area contributed by atoms with Crippen molar-refractivity contribution in [2.75, 3.05) is 20.8 Å². The third-order valence-corrected chi connectivity index (χ3v) is 2.98. The molecule has 16 heavy (non-hydrogen) atoms. The quantitative estimate of drug-likeness (QED) is 0.775. The molecule has 1 aromatic rings. The molecule has 1 unspecified atom stereocenters. The fourth-order valence-corrected chi connectivity index (χ4v) is 2.25. The van der Waals surface area contributed by atoms with Crippen LogP contribution >= 0.6 is 15.9 Å². The smallest absolute Gasteiger partial charge is 0.175 e. The molecule has 1 aromatic carbocycles. The Kier molecular flexibility index (Phi) is 4.40. The van der Waals surface area contributed by atoms with Gasteiger partial charge in [-0.2, -0.15) is 0 Å². The number of phenolic OH excluding ortho intramolecular Hbond substituents is 1. The summed E-state index contributed by atoms with van der Waals surface area (Å²) in [5.41, 5.74) is 6.06. The number of hydrogen-bond donors (Lipinski definition) is 3. The number of aliphatic hydroxyl groups is 1. The molecular formula is C10H14BrNO4. The number of phenols is 1. The molecule has 0 amide bonds. The van der Waals surface area contributed by atoms with Crippen LogP contribution in [0.4, 0.5) is 0 Å². The second-order valence-corrected chi connectivity index (χ2v) is 3.94. The fourth-order valence-electron chi connectivity index (χ4n) is 1.40. The van der Waals surface area contributed by atoms with E-state index in [1.165, 1.54) is 20.3 Å². The van der Waals surface area contributed by atoms with Gasteiger partial charge in [-0.3, -0.25) is 0 Å². The molecule has 1 rings (SSSR count). The largest absolute Gasteiger partial charge is 0.507 e. The lowest BCUT2D eigenvalue weighted by molar-refractivity contribution is 0.263. The first-order valence-electron chi connectivity index (χ1n) is 4.56. The summed E-state index contributed by atoms with van der Waals surface area (Å²) in [6.07, 6.45) is 0. The van der Waals surface area contributed by atoms with E-state index < -0.39 is 6.04 Å². The summed E-state index contributed by atoms with van der Waals surface area (Å²) in [7, 11) is 2.95. The molecule has 0 saturated heterocycles. The minimum Gasteiger partial charge on any atom is -0.507 e. The van der Waals surface area contributed by atoms with E-state index in [1.54, 1.807) is 0 Å². The van der Waals surface area contributed by atoms with Crippen molar-refractivity contribution < 1.29 is 19.7 Å². The summed E-state index contributed by atoms with van der Waals surface area (Å²) >= 11 is 3.27. The number of halogens is 1. The predicted molar refractivity (Wildman–Crippen MR) is 62.9 cm³/mol. The lowest BCUT2D eigenvalue weighted by Crippen LogP contribution is -2.15. The first-order valence-corrected chi connectivity index (χ1v) is 5.35. The average molecular weight is 292 g/mol. The lowest BCUT2D eigenvalue weighted by Gasteiger charge is -2.17. The minimum absolute atomic E-state index is 0.0499. The van der Waals surface area contributed by atoms with Crippen LogP contribution in [0, 0.1) is 0 Å². The van der Waals surface area contributed by atoms with E-state index in [-0.39, 0.29) is 12.4 Å². The lowest BCUT2D eigenvalue weighted by atomic mass is 10.1. The Morgan fingerprint density at radius 1 is 1.44 bits per heavy atom. The van der Waals surface area contributed by atoms with E-state index in [4.69, 9.17) is 20.3 Å². The van der Waals surface area contributed by atoms with Crippen molar-refractivity contribution in [2.45, 2.75) is 6.04 Å². The summed E-state index contributed by atoms with van der Waals surface area (Å²) in [5.74, 6) is 0.769. The first-order chi connectivity index (χ1) is 7.56. The Morgan fingerprint density at radius 2 is 2.06 bits per heavy atom. The maximum Gasteiger partial charge on any atom is 0.175 e. The standard InChI is InChI=1S/C10H14BrNO4/c1-15-7-3-6(14)8(5(12)4-13)9(11)10(7)16-2/h3,5,13-14H,4,12H2,1-2H3. The highest BCUT2D eigenvalue weighted by Gasteiger charge is 2.21. The number of methoxy groups -OCH3 is 2. The van der Waals surface area contributed by atoms with Gasteiger partial charge in [-0.1, -0.05) is 0 Å². The third-order valence-electron chi connectivity index (χ3n) is 2.19. The van der Waals surface area contributed by atoms with Gasteiger partial charge in [-0.15, -0.1) is 0 Å². The summed E-state index contributed by atoms with van der Waals surface area (Å²) in [5, 5.41) is 18.8. The van der Waals surface area contributed by atoms with Crippen LogP contribution in [0.3, 0.4) is 0 Å². The van der Waals surface area contributed by atoms with E-state index in [2.05, 4.69) is 15.9 Å². The van der Waals surface area contributed by atoms with Crippen molar-refractivity contribution in [1.29, 1.82) is 0 Å². The van der Waals surface area contributed by atoms with E-state index >= 15 is 0 Å². The zero-order valence-electron chi connectivity index (χ0n) is 9.03. The van der Waals surface area contributed by atoms with Gasteiger partial charge in [-0.25, -0.2) is 0 Å². The third kappa shape index (κ3) is 2.23. The summed E-state index contributed by atoms with van der Waals surface area (Å²) in [6.45, 7) is -0.276. The van der Waals surface area contributed by atoms with Crippen molar-refractivity contribution >= 4 is 15.9 Å². The number of aliphatic hydroxyl groups excluding tert-OH is 1. The maximum absolute atomic E-state index is 9.77. The van der Waals surface area contributed by atoms with Crippen molar-refractivity contribution in [3.05, 3.63) is 16.1 Å². The predicted octanol–water partition coefficient (Wildman–Crippen LogP) is 1.16. The van der Waals surface area contributed by atoms with Crippen LogP contribution in [0.5, 0.6) is 17.2 Å². The van der Waals surface area contributed by atoms with Crippen LogP contribution in [0.1, 0.15) is 11.6 Å². The van der Waals surface area contributed by atoms with Gasteiger partial charge in [0.25, 0.3) is 0 Å². The summed E-state index contributed by atoms with van der Waals surface area (Å²) in [6, 6.07) is 0.711. The Hall–Kier alpha value is -0.980. The van der Waals surface area contributed by atoms with Crippen molar-refractivity contribution in [1.82, 2.24) is 0 Å². The molecule has 5 nitrogen and oxygen atoms in total. The molecule has 0 radical (unpaired) electrons. The highest BCUT2D eigenvalue weighted by atomic mass is 79.9. The molecule has 0 aliphatic carbocycles. The van der Waals surface area contributed by atoms with Gasteiger partial charge >= 0.3 is 0 Å². The monoisotopic (exact) mass is 291 g/mol. The average Bonchev–Trinajstić information content (AvgIpc) is 2.27. The van der Waals surface area contributed by atoms with Gasteiger partial charge in [0.05, 0.1) is 31.3 Å². The van der Waals surface area contributed by atoms with Crippen LogP contribution in [-0.2, 0) is 0 Å². The minimum atomic E-state index is -0.686. The van der Waals surface area contributed by atoms with Gasteiger partial charge < -0.3 is 25.4 Å². The molecule has 0 aliphatic rings. The molecule has 0 saturated carbocycles. The Bertz CT molecular complexity index is 384. The summed E-state index contributed by atoms with van der Waals surface area (Å²) in [4.78, 5) is 0. The van der Waals surface area contributed by atoms with E-state index in [0.29, 0.717) is 21.5 Å². The first kappa shape index (κ1) is 13.1. The summed E-state index contributed by atoms with van der Waals surface area (Å²) < 4.78 is 10.7. The maximum atomic E-state index is 9.77. The molecular weight excluding hydrogens is 278 g/mol. The molecule has 0 fully saturated rings. The van der Waals surface area contributed by atoms with Crippen molar-refractivity contribution in [3.8, 4) is 17.2 Å². The zero-order valence-corrected chi connectivity index (χ0v) is 10.6. The topological polar surface area (TPSA) is 84.9 Å². The van der Waals surface area contributed by atoms with Crippen LogP contribution < -0.4 is 15.2 Å². The molecule has 1 atom stereocenters. The van der Waals surface area contributed by atoms with Gasteiger partial charge in [0, 0.05) is 11.6 Å². The number of ether oxygens (including phenoxy) is 2. The Balaban J connectivity index is 3.40. The number of hydrogen-bond acceptors (Lipinski definition) is 5. The van der Waals surface area contributed by atoms with Gasteiger partial charge in [0.1, 0.15) is 5.75 Å². The molecule has 90 valence electrons. The number of nitrogens with two attached hydrogens (primary N) is 1. The molecule has 0 bridgehead atoms. The highest BCUT2D eigenvalue weighted by molar-refractivity contribution is 9.10. The Morgan fingerprint density at radius 3 is 2.50 bits per heavy atom. The SMILES string of the molecule is COc1cc(O)c(C(N)CO)c(Br)c1OC. The fraction of sp³-hybridized carbons (Fsp3) is 0.400. The van der Waals surface area contributed by atoms with Gasteiger partial charge in [-0.05, 0) is 15.9 Å². The van der Waals surface area contributed by atoms with Crippen molar-refractivity contribution in [3.63, 3.8) is 0 Å². The highest BCUT2D eigenvalue weighted by Crippen LogP contribution is 2.44. The zero-order chi connectivity index (χ0) is 12.3. The molecule has 0 aromatic heterocycles. The molecule has 0 heterocycles. The van der Waals surface area contributed by atoms with Crippen LogP contribution in [0.15, 0.2) is 10.5 Å². The number of aromatic hydroxyl groups is 1. The van der Waals surface area contributed by atoms with Crippen molar-refractivity contribution in [2.24, 2.45) is 5.73 Å². The molecule has 4 N–H and O–H groups in total. The van der Waals surface area contributed by atoms with E-state index in [0.717, 1.165) is 0 Å². The Labute approximate surface area is 102 Å². The normalized spacial score (nSPS) is 12.3. The van der Waals surface area contributed by atoms with Crippen LogP contribution in [-0.4, -0.2) is 31.0 Å². The second-order valence-electron chi connectivity index (χ2n) is 3.15. The molecule has 0 spiro atoms. The van der Waals surface area contributed by atoms with Crippen LogP contribution in [0.25, 0.3) is 0 Å². The number of rotatable bonds is 4. The van der Waals surface area contributed by atoms with Gasteiger partial charge in [0.2, 0.25) is 0 Å². The second kappa shape index (κ2) is 5.38. The van der Waals surface area contributed by atoms with E-state index in [1.807, 2.05) is 0 Å². The van der Waals surface area contributed by atoms with E-state index in [9.17, 15) is 5.11 Å². The van der Waals surface area contributed by atoms with Gasteiger partial charge in [0.15, 0.2) is 11.5 Å². The van der Waals surface area contributed by atoms with Crippen LogP contribution in [0.2, 0.25) is 0 Å². The molecule has 0 aliphatic heterocycles.